The molecule has 2 rings (SSSR count). The number of halogens is 1. The van der Waals surface area contributed by atoms with E-state index in [0.717, 1.165) is 11.3 Å². The van der Waals surface area contributed by atoms with Gasteiger partial charge >= 0.3 is 0 Å². The second-order valence-corrected chi connectivity index (χ2v) is 5.06. The number of aryl methyl sites for hydroxylation is 1. The van der Waals surface area contributed by atoms with Gasteiger partial charge in [-0.2, -0.15) is 0 Å². The Balaban J connectivity index is 2.34. The molecular formula is C16H18FNO2. The van der Waals surface area contributed by atoms with Crippen LogP contribution in [0.5, 0.6) is 11.6 Å². The Morgan fingerprint density at radius 1 is 1.25 bits per heavy atom. The maximum atomic E-state index is 13.1. The van der Waals surface area contributed by atoms with Gasteiger partial charge in [-0.25, -0.2) is 9.37 Å². The average Bonchev–Trinajstić information content (AvgIpc) is 2.41. The van der Waals surface area contributed by atoms with Gasteiger partial charge in [-0.3, -0.25) is 0 Å². The first-order chi connectivity index (χ1) is 9.49. The maximum Gasteiger partial charge on any atom is 0.219 e. The van der Waals surface area contributed by atoms with Gasteiger partial charge in [0.25, 0.3) is 0 Å². The van der Waals surface area contributed by atoms with Gasteiger partial charge in [-0.1, -0.05) is 13.8 Å². The lowest BCUT2D eigenvalue weighted by atomic mass is 10.1. The third-order valence-corrected chi connectivity index (χ3v) is 3.01. The number of aliphatic hydroxyl groups is 1. The summed E-state index contributed by atoms with van der Waals surface area (Å²) in [6.07, 6.45) is 0. The fourth-order valence-electron chi connectivity index (χ4n) is 1.86. The van der Waals surface area contributed by atoms with Crippen LogP contribution in [0.3, 0.4) is 0 Å². The van der Waals surface area contributed by atoms with Crippen LogP contribution in [0.25, 0.3) is 0 Å². The first-order valence-electron chi connectivity index (χ1n) is 6.55. The normalized spacial score (nSPS) is 10.9. The van der Waals surface area contributed by atoms with Crippen LogP contribution in [0, 0.1) is 12.7 Å². The summed E-state index contributed by atoms with van der Waals surface area (Å²) in [5.41, 5.74) is 2.30. The van der Waals surface area contributed by atoms with Crippen LogP contribution < -0.4 is 4.74 Å². The van der Waals surface area contributed by atoms with Crippen molar-refractivity contribution in [3.8, 4) is 11.6 Å². The standard InChI is InChI=1S/C16H18FNO2/c1-10(2)14-7-12(9-19)8-16(18-14)20-15-5-4-13(17)6-11(15)3/h4-8,10,19H,9H2,1-3H3. The van der Waals surface area contributed by atoms with Crippen molar-refractivity contribution in [2.24, 2.45) is 0 Å². The molecule has 106 valence electrons. The van der Waals surface area contributed by atoms with Crippen molar-refractivity contribution in [2.45, 2.75) is 33.3 Å². The molecule has 0 amide bonds. The second kappa shape index (κ2) is 6.01. The summed E-state index contributed by atoms with van der Waals surface area (Å²) in [7, 11) is 0. The van der Waals surface area contributed by atoms with E-state index in [9.17, 15) is 9.50 Å². The van der Waals surface area contributed by atoms with Crippen LogP contribution in [0.1, 0.15) is 36.6 Å². The van der Waals surface area contributed by atoms with Gasteiger partial charge in [0.15, 0.2) is 0 Å². The van der Waals surface area contributed by atoms with Crippen molar-refractivity contribution in [2.75, 3.05) is 0 Å². The molecule has 0 fully saturated rings. The zero-order valence-electron chi connectivity index (χ0n) is 11.9. The second-order valence-electron chi connectivity index (χ2n) is 5.06. The smallest absolute Gasteiger partial charge is 0.219 e. The molecule has 1 aromatic heterocycles. The topological polar surface area (TPSA) is 42.4 Å². The molecule has 0 spiro atoms. The molecule has 0 unspecified atom stereocenters. The molecule has 0 aliphatic carbocycles. The summed E-state index contributed by atoms with van der Waals surface area (Å²) in [5, 5.41) is 9.29. The van der Waals surface area contributed by atoms with Crippen molar-refractivity contribution in [3.63, 3.8) is 0 Å². The molecule has 0 saturated carbocycles. The lowest BCUT2D eigenvalue weighted by Crippen LogP contribution is -1.99. The Labute approximate surface area is 118 Å². The molecule has 3 nitrogen and oxygen atoms in total. The summed E-state index contributed by atoms with van der Waals surface area (Å²) in [6.45, 7) is 5.76. The van der Waals surface area contributed by atoms with Gasteiger partial charge in [0.1, 0.15) is 11.6 Å². The Bertz CT molecular complexity index is 611. The number of aliphatic hydroxyl groups excluding tert-OH is 1. The van der Waals surface area contributed by atoms with E-state index >= 15 is 0 Å². The zero-order chi connectivity index (χ0) is 14.7. The summed E-state index contributed by atoms with van der Waals surface area (Å²) >= 11 is 0. The van der Waals surface area contributed by atoms with E-state index < -0.39 is 0 Å². The van der Waals surface area contributed by atoms with Crippen molar-refractivity contribution >= 4 is 0 Å². The molecule has 1 heterocycles. The molecule has 4 heteroatoms. The van der Waals surface area contributed by atoms with E-state index in [-0.39, 0.29) is 18.3 Å². The first kappa shape index (κ1) is 14.5. The number of benzene rings is 1. The lowest BCUT2D eigenvalue weighted by molar-refractivity contribution is 0.280. The van der Waals surface area contributed by atoms with Crippen LogP contribution in [0.15, 0.2) is 30.3 Å². The predicted molar refractivity (Wildman–Crippen MR) is 75.5 cm³/mol. The van der Waals surface area contributed by atoms with Crippen molar-refractivity contribution in [1.82, 2.24) is 4.98 Å². The molecule has 1 N–H and O–H groups in total. The van der Waals surface area contributed by atoms with Crippen molar-refractivity contribution in [1.29, 1.82) is 0 Å². The van der Waals surface area contributed by atoms with Gasteiger partial charge in [0.2, 0.25) is 5.88 Å². The fourth-order valence-corrected chi connectivity index (χ4v) is 1.86. The first-order valence-corrected chi connectivity index (χ1v) is 6.55. The molecule has 0 aliphatic rings. The Hall–Kier alpha value is -1.94. The van der Waals surface area contributed by atoms with Crippen LogP contribution in [-0.4, -0.2) is 10.1 Å². The van der Waals surface area contributed by atoms with Gasteiger partial charge in [0, 0.05) is 11.8 Å². The number of ether oxygens (including phenoxy) is 1. The monoisotopic (exact) mass is 275 g/mol. The third-order valence-electron chi connectivity index (χ3n) is 3.01. The van der Waals surface area contributed by atoms with Gasteiger partial charge in [-0.05, 0) is 48.2 Å². The van der Waals surface area contributed by atoms with E-state index in [1.807, 2.05) is 19.9 Å². The molecule has 0 saturated heterocycles. The highest BCUT2D eigenvalue weighted by Gasteiger charge is 2.09. The molecular weight excluding hydrogens is 257 g/mol. The van der Waals surface area contributed by atoms with E-state index in [4.69, 9.17) is 4.74 Å². The van der Waals surface area contributed by atoms with Crippen LogP contribution in [-0.2, 0) is 6.61 Å². The highest BCUT2D eigenvalue weighted by atomic mass is 19.1. The van der Waals surface area contributed by atoms with E-state index in [1.54, 1.807) is 19.1 Å². The van der Waals surface area contributed by atoms with Gasteiger partial charge in [-0.15, -0.1) is 0 Å². The number of nitrogens with zero attached hydrogens (tertiary/aromatic N) is 1. The molecule has 0 radical (unpaired) electrons. The van der Waals surface area contributed by atoms with E-state index in [2.05, 4.69) is 4.98 Å². The van der Waals surface area contributed by atoms with Crippen molar-refractivity contribution in [3.05, 3.63) is 53.0 Å². The maximum absolute atomic E-state index is 13.1. The van der Waals surface area contributed by atoms with Gasteiger partial charge < -0.3 is 9.84 Å². The number of rotatable bonds is 4. The van der Waals surface area contributed by atoms with Crippen molar-refractivity contribution < 1.29 is 14.2 Å². The molecule has 0 bridgehead atoms. The largest absolute Gasteiger partial charge is 0.439 e. The summed E-state index contributed by atoms with van der Waals surface area (Å²) in [6, 6.07) is 7.88. The lowest BCUT2D eigenvalue weighted by Gasteiger charge is -2.12. The molecule has 20 heavy (non-hydrogen) atoms. The Morgan fingerprint density at radius 2 is 2.00 bits per heavy atom. The highest BCUT2D eigenvalue weighted by molar-refractivity contribution is 5.37. The summed E-state index contributed by atoms with van der Waals surface area (Å²) in [5.74, 6) is 0.909. The van der Waals surface area contributed by atoms with Crippen LogP contribution in [0.4, 0.5) is 4.39 Å². The minimum Gasteiger partial charge on any atom is -0.439 e. The minimum atomic E-state index is -0.296. The van der Waals surface area contributed by atoms with Gasteiger partial charge in [0.05, 0.1) is 6.61 Å². The number of pyridine rings is 1. The number of aromatic nitrogens is 1. The number of hydrogen-bond acceptors (Lipinski definition) is 3. The quantitative estimate of drug-likeness (QED) is 0.919. The molecule has 1 aromatic carbocycles. The van der Waals surface area contributed by atoms with E-state index in [0.29, 0.717) is 17.2 Å². The SMILES string of the molecule is Cc1cc(F)ccc1Oc1cc(CO)cc(C(C)C)n1. The van der Waals surface area contributed by atoms with Crippen LogP contribution in [0.2, 0.25) is 0 Å². The molecule has 0 atom stereocenters. The predicted octanol–water partition coefficient (Wildman–Crippen LogP) is 3.94. The fraction of sp³-hybridized carbons (Fsp3) is 0.312. The number of hydrogen-bond donors (Lipinski definition) is 1. The van der Waals surface area contributed by atoms with E-state index in [1.165, 1.54) is 12.1 Å². The Morgan fingerprint density at radius 3 is 2.60 bits per heavy atom. The average molecular weight is 275 g/mol. The summed E-state index contributed by atoms with van der Waals surface area (Å²) < 4.78 is 18.8. The molecule has 0 aliphatic heterocycles. The third kappa shape index (κ3) is 3.33. The highest BCUT2D eigenvalue weighted by Crippen LogP contribution is 2.26. The Kier molecular flexibility index (Phi) is 4.35. The summed E-state index contributed by atoms with van der Waals surface area (Å²) in [4.78, 5) is 4.41. The minimum absolute atomic E-state index is 0.0685. The van der Waals surface area contributed by atoms with Crippen LogP contribution >= 0.6 is 0 Å². The molecule has 2 aromatic rings. The zero-order valence-corrected chi connectivity index (χ0v) is 11.9.